The van der Waals surface area contributed by atoms with Crippen LogP contribution >= 0.6 is 0 Å². The van der Waals surface area contributed by atoms with Crippen molar-refractivity contribution < 1.29 is 33.7 Å². The molecule has 0 unspecified atom stereocenters. The van der Waals surface area contributed by atoms with Gasteiger partial charge in [-0.05, 0) is 48.7 Å². The number of carboxylic acid groups (broad SMARTS) is 1. The van der Waals surface area contributed by atoms with Crippen LogP contribution in [0.3, 0.4) is 0 Å². The van der Waals surface area contributed by atoms with Crippen molar-refractivity contribution in [1.82, 2.24) is 4.90 Å². The van der Waals surface area contributed by atoms with Crippen LogP contribution < -0.4 is 14.8 Å². The Morgan fingerprint density at radius 2 is 1.81 bits per heavy atom. The monoisotopic (exact) mass is 442 g/mol. The minimum absolute atomic E-state index is 0.204. The van der Waals surface area contributed by atoms with Crippen LogP contribution in [0.15, 0.2) is 36.4 Å². The van der Waals surface area contributed by atoms with E-state index >= 15 is 0 Å². The van der Waals surface area contributed by atoms with Gasteiger partial charge in [-0.15, -0.1) is 0 Å². The van der Waals surface area contributed by atoms with Gasteiger partial charge < -0.3 is 29.5 Å². The number of para-hydroxylation sites is 1. The predicted molar refractivity (Wildman–Crippen MR) is 116 cm³/mol. The average Bonchev–Trinajstić information content (AvgIpc) is 2.78. The number of ether oxygens (including phenoxy) is 3. The first kappa shape index (κ1) is 22.9. The molecule has 32 heavy (non-hydrogen) atoms. The third-order valence-corrected chi connectivity index (χ3v) is 5.30. The Hall–Kier alpha value is -3.75. The minimum atomic E-state index is -1.04. The Morgan fingerprint density at radius 1 is 1.12 bits per heavy atom. The van der Waals surface area contributed by atoms with Gasteiger partial charge in [-0.2, -0.15) is 0 Å². The van der Waals surface area contributed by atoms with E-state index in [0.717, 1.165) is 5.56 Å². The molecule has 170 valence electrons. The number of fused-ring (bicyclic) bond motifs is 1. The van der Waals surface area contributed by atoms with Gasteiger partial charge in [0.2, 0.25) is 0 Å². The van der Waals surface area contributed by atoms with Gasteiger partial charge in [-0.1, -0.05) is 12.1 Å². The Morgan fingerprint density at radius 3 is 2.47 bits per heavy atom. The summed E-state index contributed by atoms with van der Waals surface area (Å²) in [6, 6.07) is 8.83. The molecule has 0 saturated heterocycles. The number of hydrogen-bond acceptors (Lipinski definition) is 6. The van der Waals surface area contributed by atoms with Crippen LogP contribution in [-0.2, 0) is 16.0 Å². The van der Waals surface area contributed by atoms with Crippen LogP contribution in [0.25, 0.3) is 0 Å². The summed E-state index contributed by atoms with van der Waals surface area (Å²) < 4.78 is 15.8. The largest absolute Gasteiger partial charge is 0.493 e. The molecule has 3 rings (SSSR count). The number of nitrogens with one attached hydrogen (secondary N) is 1. The molecular weight excluding hydrogens is 416 g/mol. The number of benzene rings is 2. The van der Waals surface area contributed by atoms with E-state index in [9.17, 15) is 19.5 Å². The number of rotatable bonds is 7. The average molecular weight is 442 g/mol. The van der Waals surface area contributed by atoms with Crippen molar-refractivity contribution in [2.24, 2.45) is 0 Å². The lowest BCUT2D eigenvalue weighted by Gasteiger charge is -2.37. The maximum atomic E-state index is 13.2. The minimum Gasteiger partial charge on any atom is -0.493 e. The summed E-state index contributed by atoms with van der Waals surface area (Å²) in [6.07, 6.45) is 0.230. The van der Waals surface area contributed by atoms with E-state index in [4.69, 9.17) is 14.2 Å². The number of carboxylic acids is 1. The molecule has 0 saturated carbocycles. The molecular formula is C23H26N2O7. The first-order valence-corrected chi connectivity index (χ1v) is 10.2. The van der Waals surface area contributed by atoms with Crippen LogP contribution in [0.5, 0.6) is 11.5 Å². The molecule has 0 fully saturated rings. The number of carbonyl (C=O) groups excluding carboxylic acids is 2. The zero-order valence-electron chi connectivity index (χ0n) is 18.2. The highest BCUT2D eigenvalue weighted by Crippen LogP contribution is 2.39. The second-order valence-electron chi connectivity index (χ2n) is 7.16. The fourth-order valence-electron chi connectivity index (χ4n) is 3.82. The second kappa shape index (κ2) is 10.0. The highest BCUT2D eigenvalue weighted by Gasteiger charge is 2.34. The van der Waals surface area contributed by atoms with Gasteiger partial charge in [0.15, 0.2) is 11.5 Å². The third-order valence-electron chi connectivity index (χ3n) is 5.30. The predicted octanol–water partition coefficient (Wildman–Crippen LogP) is 3.49. The summed E-state index contributed by atoms with van der Waals surface area (Å²) in [5, 5.41) is 12.3. The lowest BCUT2D eigenvalue weighted by molar-refractivity contribution is -0.138. The van der Waals surface area contributed by atoms with E-state index in [2.05, 4.69) is 5.32 Å². The van der Waals surface area contributed by atoms with E-state index in [1.807, 2.05) is 6.07 Å². The standard InChI is InChI=1S/C23H26N2O7/c1-4-32-22(28)15-7-5-6-8-17(15)24-23(29)25-10-9-14-11-19(30-2)20(31-3)12-16(14)18(25)13-21(26)27/h5-8,11-12,18H,4,9-10,13H2,1-3H3,(H,24,29)(H,26,27)/t18-/m1/s1. The number of nitrogens with zero attached hydrogens (tertiary/aromatic N) is 1. The molecule has 1 aliphatic heterocycles. The van der Waals surface area contributed by atoms with Crippen molar-refractivity contribution in [3.63, 3.8) is 0 Å². The quantitative estimate of drug-likeness (QED) is 0.631. The zero-order valence-corrected chi connectivity index (χ0v) is 18.2. The number of esters is 1. The first-order chi connectivity index (χ1) is 15.4. The van der Waals surface area contributed by atoms with Gasteiger partial charge in [0, 0.05) is 6.54 Å². The number of amides is 2. The molecule has 0 radical (unpaired) electrons. The van der Waals surface area contributed by atoms with Gasteiger partial charge in [0.1, 0.15) is 0 Å². The molecule has 0 aliphatic carbocycles. The van der Waals surface area contributed by atoms with Crippen LogP contribution in [0.4, 0.5) is 10.5 Å². The number of methoxy groups -OCH3 is 2. The smallest absolute Gasteiger partial charge is 0.340 e. The summed E-state index contributed by atoms with van der Waals surface area (Å²) in [6.45, 7) is 2.20. The van der Waals surface area contributed by atoms with Crippen molar-refractivity contribution >= 4 is 23.7 Å². The summed E-state index contributed by atoms with van der Waals surface area (Å²) in [5.41, 5.74) is 2.10. The zero-order chi connectivity index (χ0) is 23.3. The van der Waals surface area contributed by atoms with Crippen molar-refractivity contribution in [3.05, 3.63) is 53.1 Å². The van der Waals surface area contributed by atoms with Crippen molar-refractivity contribution in [2.75, 3.05) is 32.7 Å². The maximum absolute atomic E-state index is 13.2. The van der Waals surface area contributed by atoms with Gasteiger partial charge in [0.25, 0.3) is 0 Å². The van der Waals surface area contributed by atoms with Crippen LogP contribution in [0.2, 0.25) is 0 Å². The summed E-state index contributed by atoms with van der Waals surface area (Å²) in [7, 11) is 3.03. The summed E-state index contributed by atoms with van der Waals surface area (Å²) in [4.78, 5) is 38.5. The fourth-order valence-corrected chi connectivity index (χ4v) is 3.82. The molecule has 0 spiro atoms. The van der Waals surface area contributed by atoms with E-state index in [1.54, 1.807) is 37.3 Å². The maximum Gasteiger partial charge on any atom is 0.340 e. The van der Waals surface area contributed by atoms with Gasteiger partial charge in [-0.3, -0.25) is 4.79 Å². The van der Waals surface area contributed by atoms with E-state index in [-0.39, 0.29) is 18.6 Å². The van der Waals surface area contributed by atoms with E-state index in [0.29, 0.717) is 35.7 Å². The lowest BCUT2D eigenvalue weighted by atomic mass is 9.90. The molecule has 2 aromatic carbocycles. The molecule has 2 amide bonds. The highest BCUT2D eigenvalue weighted by molar-refractivity contribution is 6.01. The Bertz CT molecular complexity index is 1020. The molecule has 9 nitrogen and oxygen atoms in total. The summed E-state index contributed by atoms with van der Waals surface area (Å²) >= 11 is 0. The lowest BCUT2D eigenvalue weighted by Crippen LogP contribution is -2.43. The van der Waals surface area contributed by atoms with Crippen LogP contribution in [0.1, 0.15) is 40.9 Å². The molecule has 2 N–H and O–H groups in total. The molecule has 1 atom stereocenters. The number of hydrogen-bond donors (Lipinski definition) is 2. The number of anilines is 1. The van der Waals surface area contributed by atoms with E-state index in [1.165, 1.54) is 19.1 Å². The third kappa shape index (κ3) is 4.77. The molecule has 2 aromatic rings. The molecule has 9 heteroatoms. The van der Waals surface area contributed by atoms with Gasteiger partial charge in [-0.25, -0.2) is 9.59 Å². The SMILES string of the molecule is CCOC(=O)c1ccccc1NC(=O)N1CCc2cc(OC)c(OC)cc2[C@H]1CC(=O)O. The number of aliphatic carboxylic acids is 1. The van der Waals surface area contributed by atoms with Crippen LogP contribution in [0, 0.1) is 0 Å². The van der Waals surface area contributed by atoms with Crippen molar-refractivity contribution in [3.8, 4) is 11.5 Å². The topological polar surface area (TPSA) is 114 Å². The molecule has 0 bridgehead atoms. The fraction of sp³-hybridized carbons (Fsp3) is 0.348. The normalized spacial score (nSPS) is 14.8. The van der Waals surface area contributed by atoms with Crippen molar-refractivity contribution in [2.45, 2.75) is 25.8 Å². The molecule has 0 aromatic heterocycles. The molecule has 1 aliphatic rings. The van der Waals surface area contributed by atoms with E-state index < -0.39 is 24.0 Å². The van der Waals surface area contributed by atoms with Crippen molar-refractivity contribution in [1.29, 1.82) is 0 Å². The highest BCUT2D eigenvalue weighted by atomic mass is 16.5. The van der Waals surface area contributed by atoms with Gasteiger partial charge in [0.05, 0.1) is 44.5 Å². The van der Waals surface area contributed by atoms with Crippen LogP contribution in [-0.4, -0.2) is 55.3 Å². The second-order valence-corrected chi connectivity index (χ2v) is 7.16. The molecule has 1 heterocycles. The number of urea groups is 1. The van der Waals surface area contributed by atoms with Gasteiger partial charge >= 0.3 is 18.0 Å². The first-order valence-electron chi connectivity index (χ1n) is 10.2. The Labute approximate surface area is 185 Å². The Kier molecular flexibility index (Phi) is 7.19. The Balaban J connectivity index is 1.93. The summed E-state index contributed by atoms with van der Waals surface area (Å²) in [5.74, 6) is -0.591. The number of carbonyl (C=O) groups is 3.